The van der Waals surface area contributed by atoms with Crippen molar-refractivity contribution in [3.05, 3.63) is 35.9 Å². The van der Waals surface area contributed by atoms with E-state index in [1.807, 2.05) is 35.6 Å². The molecular formula is C11H18NO3+. The summed E-state index contributed by atoms with van der Waals surface area (Å²) in [6, 6.07) is 9.43. The van der Waals surface area contributed by atoms with E-state index in [1.54, 1.807) is 0 Å². The maximum atomic E-state index is 9.35. The first-order valence-electron chi connectivity index (χ1n) is 5.05. The molecule has 0 amide bonds. The maximum absolute atomic E-state index is 9.35. The average Bonchev–Trinajstić information content (AvgIpc) is 2.31. The van der Waals surface area contributed by atoms with Crippen LogP contribution in [-0.2, 0) is 6.54 Å². The Morgan fingerprint density at radius 2 is 1.73 bits per heavy atom. The predicted octanol–water partition coefficient (Wildman–Crippen LogP) is -1.54. The highest BCUT2D eigenvalue weighted by Crippen LogP contribution is 1.95. The molecule has 0 aromatic heterocycles. The molecule has 0 aliphatic rings. The van der Waals surface area contributed by atoms with Crippen LogP contribution in [0.25, 0.3) is 0 Å². The van der Waals surface area contributed by atoms with Gasteiger partial charge in [-0.1, -0.05) is 30.3 Å². The van der Waals surface area contributed by atoms with Crippen molar-refractivity contribution in [3.63, 3.8) is 0 Å². The van der Waals surface area contributed by atoms with Gasteiger partial charge in [0.2, 0.25) is 0 Å². The summed E-state index contributed by atoms with van der Waals surface area (Å²) in [6.07, 6.45) is -0.876. The summed E-state index contributed by atoms with van der Waals surface area (Å²) >= 11 is 0. The van der Waals surface area contributed by atoms with Gasteiger partial charge in [0.15, 0.2) is 0 Å². The molecule has 1 aromatic carbocycles. The molecule has 4 heteroatoms. The standard InChI is InChI=1S/C11H17NO3/c13-7-10(11(15)8-14)12-6-9-4-2-1-3-5-9/h1-5,10-15H,6-8H2/p+1/t10-,11+/m1/s1. The third kappa shape index (κ3) is 3.97. The van der Waals surface area contributed by atoms with Crippen LogP contribution in [0.3, 0.4) is 0 Å². The molecule has 2 atom stereocenters. The van der Waals surface area contributed by atoms with Gasteiger partial charge in [-0.15, -0.1) is 0 Å². The lowest BCUT2D eigenvalue weighted by molar-refractivity contribution is -0.713. The van der Waals surface area contributed by atoms with Gasteiger partial charge in [-0.3, -0.25) is 0 Å². The topological polar surface area (TPSA) is 77.3 Å². The first-order chi connectivity index (χ1) is 7.27. The highest BCUT2D eigenvalue weighted by atomic mass is 16.3. The number of rotatable bonds is 6. The van der Waals surface area contributed by atoms with Crippen LogP contribution in [0.2, 0.25) is 0 Å². The molecule has 0 heterocycles. The van der Waals surface area contributed by atoms with E-state index in [9.17, 15) is 5.11 Å². The van der Waals surface area contributed by atoms with Crippen molar-refractivity contribution in [2.24, 2.45) is 0 Å². The Morgan fingerprint density at radius 1 is 1.07 bits per heavy atom. The number of aliphatic hydroxyl groups excluding tert-OH is 3. The van der Waals surface area contributed by atoms with Gasteiger partial charge in [-0.25, -0.2) is 0 Å². The van der Waals surface area contributed by atoms with Crippen molar-refractivity contribution in [2.75, 3.05) is 13.2 Å². The van der Waals surface area contributed by atoms with Crippen molar-refractivity contribution < 1.29 is 20.6 Å². The van der Waals surface area contributed by atoms with Crippen LogP contribution >= 0.6 is 0 Å². The largest absolute Gasteiger partial charge is 0.393 e. The van der Waals surface area contributed by atoms with Gasteiger partial charge in [0.25, 0.3) is 0 Å². The summed E-state index contributed by atoms with van der Waals surface area (Å²) in [5, 5.41) is 28.9. The Balaban J connectivity index is 2.41. The molecule has 1 rings (SSSR count). The zero-order valence-corrected chi connectivity index (χ0v) is 8.58. The molecule has 0 radical (unpaired) electrons. The molecule has 0 saturated heterocycles. The predicted molar refractivity (Wildman–Crippen MR) is 56.0 cm³/mol. The number of hydrogen-bond donors (Lipinski definition) is 4. The lowest BCUT2D eigenvalue weighted by Gasteiger charge is -2.17. The normalized spacial score (nSPS) is 14.9. The van der Waals surface area contributed by atoms with Crippen LogP contribution in [0.5, 0.6) is 0 Å². The zero-order valence-electron chi connectivity index (χ0n) is 8.58. The molecule has 0 bridgehead atoms. The van der Waals surface area contributed by atoms with Crippen LogP contribution in [-0.4, -0.2) is 40.7 Å². The summed E-state index contributed by atoms with van der Waals surface area (Å²) in [5.74, 6) is 0. The quantitative estimate of drug-likeness (QED) is 0.462. The monoisotopic (exact) mass is 212 g/mol. The highest BCUT2D eigenvalue weighted by Gasteiger charge is 2.20. The van der Waals surface area contributed by atoms with E-state index in [1.165, 1.54) is 0 Å². The van der Waals surface area contributed by atoms with E-state index >= 15 is 0 Å². The van der Waals surface area contributed by atoms with Crippen molar-refractivity contribution in [3.8, 4) is 0 Å². The SMILES string of the molecule is OC[C@H](O)[C@@H](CO)[NH2+]Cc1ccccc1. The van der Waals surface area contributed by atoms with Crippen molar-refractivity contribution in [1.82, 2.24) is 0 Å². The number of nitrogens with two attached hydrogens (primary N) is 1. The molecule has 0 saturated carbocycles. The van der Waals surface area contributed by atoms with Gasteiger partial charge in [0.1, 0.15) is 18.7 Å². The zero-order chi connectivity index (χ0) is 11.1. The molecule has 5 N–H and O–H groups in total. The molecule has 84 valence electrons. The molecule has 0 fully saturated rings. The third-order valence-electron chi connectivity index (χ3n) is 2.39. The van der Waals surface area contributed by atoms with Gasteiger partial charge < -0.3 is 20.6 Å². The molecule has 1 aromatic rings. The Morgan fingerprint density at radius 3 is 2.27 bits per heavy atom. The highest BCUT2D eigenvalue weighted by molar-refractivity contribution is 5.12. The van der Waals surface area contributed by atoms with Gasteiger partial charge >= 0.3 is 0 Å². The Bertz CT molecular complexity index is 266. The summed E-state index contributed by atoms with van der Waals surface area (Å²) in [4.78, 5) is 0. The summed E-state index contributed by atoms with van der Waals surface area (Å²) < 4.78 is 0. The fraction of sp³-hybridized carbons (Fsp3) is 0.455. The molecule has 0 spiro atoms. The van der Waals surface area contributed by atoms with E-state index in [-0.39, 0.29) is 19.3 Å². The van der Waals surface area contributed by atoms with Crippen LogP contribution in [0.15, 0.2) is 30.3 Å². The van der Waals surface area contributed by atoms with Crippen molar-refractivity contribution in [2.45, 2.75) is 18.7 Å². The first kappa shape index (κ1) is 12.1. The molecule has 0 unspecified atom stereocenters. The molecule has 0 aliphatic carbocycles. The Labute approximate surface area is 89.2 Å². The Hall–Kier alpha value is -0.940. The van der Waals surface area contributed by atoms with Crippen molar-refractivity contribution in [1.29, 1.82) is 0 Å². The Kier molecular flexibility index (Phi) is 5.28. The number of hydrogen-bond acceptors (Lipinski definition) is 3. The minimum atomic E-state index is -0.876. The second kappa shape index (κ2) is 6.53. The smallest absolute Gasteiger partial charge is 0.138 e. The van der Waals surface area contributed by atoms with Gasteiger partial charge in [-0.05, 0) is 0 Å². The van der Waals surface area contributed by atoms with Crippen LogP contribution in [0.4, 0.5) is 0 Å². The van der Waals surface area contributed by atoms with E-state index in [0.717, 1.165) is 5.56 Å². The second-order valence-electron chi connectivity index (χ2n) is 3.52. The van der Waals surface area contributed by atoms with Crippen molar-refractivity contribution >= 4 is 0 Å². The second-order valence-corrected chi connectivity index (χ2v) is 3.52. The van der Waals surface area contributed by atoms with Crippen LogP contribution in [0, 0.1) is 0 Å². The van der Waals surface area contributed by atoms with Gasteiger partial charge in [0.05, 0.1) is 13.2 Å². The number of quaternary nitrogens is 1. The summed E-state index contributed by atoms with van der Waals surface area (Å²) in [6.45, 7) is 0.216. The fourth-order valence-corrected chi connectivity index (χ4v) is 1.39. The molecule has 15 heavy (non-hydrogen) atoms. The third-order valence-corrected chi connectivity index (χ3v) is 2.39. The minimum absolute atomic E-state index is 0.144. The maximum Gasteiger partial charge on any atom is 0.138 e. The van der Waals surface area contributed by atoms with E-state index in [2.05, 4.69) is 0 Å². The average molecular weight is 212 g/mol. The first-order valence-corrected chi connectivity index (χ1v) is 5.05. The molecule has 0 aliphatic heterocycles. The fourth-order valence-electron chi connectivity index (χ4n) is 1.39. The summed E-state index contributed by atoms with van der Waals surface area (Å²) in [5.41, 5.74) is 1.13. The van der Waals surface area contributed by atoms with Gasteiger partial charge in [-0.2, -0.15) is 0 Å². The minimum Gasteiger partial charge on any atom is -0.393 e. The number of benzene rings is 1. The van der Waals surface area contributed by atoms with E-state index in [0.29, 0.717) is 6.54 Å². The summed E-state index contributed by atoms with van der Waals surface area (Å²) in [7, 11) is 0. The van der Waals surface area contributed by atoms with Gasteiger partial charge in [0, 0.05) is 5.56 Å². The number of aliphatic hydroxyl groups is 3. The van der Waals surface area contributed by atoms with Crippen LogP contribution in [0.1, 0.15) is 5.56 Å². The lowest BCUT2D eigenvalue weighted by atomic mass is 10.1. The van der Waals surface area contributed by atoms with E-state index in [4.69, 9.17) is 10.2 Å². The van der Waals surface area contributed by atoms with E-state index < -0.39 is 6.10 Å². The molecular weight excluding hydrogens is 194 g/mol. The lowest BCUT2D eigenvalue weighted by Crippen LogP contribution is -2.92. The molecule has 4 nitrogen and oxygen atoms in total. The van der Waals surface area contributed by atoms with Crippen LogP contribution < -0.4 is 5.32 Å².